The number of hydrogen-bond acceptors (Lipinski definition) is 1. The van der Waals surface area contributed by atoms with E-state index in [-0.39, 0.29) is 0 Å². The van der Waals surface area contributed by atoms with Gasteiger partial charge in [-0.1, -0.05) is 0 Å². The first-order valence-corrected chi connectivity index (χ1v) is 5.14. The molecule has 1 aliphatic rings. The lowest BCUT2D eigenvalue weighted by Crippen LogP contribution is -2.21. The van der Waals surface area contributed by atoms with E-state index in [0.717, 1.165) is 18.9 Å². The lowest BCUT2D eigenvalue weighted by atomic mass is 9.96. The number of unbranched alkanes of at least 4 members (excludes halogenated alkanes) is 2. The molecule has 0 aliphatic heterocycles. The summed E-state index contributed by atoms with van der Waals surface area (Å²) in [6.07, 6.45) is 8.08. The second-order valence-corrected chi connectivity index (χ2v) is 3.55. The van der Waals surface area contributed by atoms with Gasteiger partial charge in [-0.15, -0.1) is 11.6 Å². The molecule has 1 nitrogen and oxygen atoms in total. The van der Waals surface area contributed by atoms with E-state index in [1.54, 1.807) is 0 Å². The van der Waals surface area contributed by atoms with Crippen LogP contribution in [0.3, 0.4) is 0 Å². The van der Waals surface area contributed by atoms with Crippen LogP contribution in [0.1, 0.15) is 38.5 Å². The van der Waals surface area contributed by atoms with E-state index < -0.39 is 0 Å². The van der Waals surface area contributed by atoms with E-state index in [0.29, 0.717) is 6.10 Å². The Bertz CT molecular complexity index is 91.6. The van der Waals surface area contributed by atoms with E-state index >= 15 is 0 Å². The van der Waals surface area contributed by atoms with Crippen LogP contribution < -0.4 is 0 Å². The van der Waals surface area contributed by atoms with Crippen LogP contribution in [-0.2, 0) is 4.74 Å². The quantitative estimate of drug-likeness (QED) is 0.447. The normalized spacial score (nSPS) is 18.3. The van der Waals surface area contributed by atoms with Crippen LogP contribution in [-0.4, -0.2) is 18.6 Å². The van der Waals surface area contributed by atoms with Gasteiger partial charge in [-0.25, -0.2) is 0 Å². The van der Waals surface area contributed by atoms with Gasteiger partial charge in [0.2, 0.25) is 0 Å². The Kier molecular flexibility index (Phi) is 4.96. The molecule has 1 aliphatic carbocycles. The Morgan fingerprint density at radius 2 is 2.00 bits per heavy atom. The van der Waals surface area contributed by atoms with Crippen LogP contribution in [0.25, 0.3) is 0 Å². The molecule has 0 aromatic carbocycles. The van der Waals surface area contributed by atoms with Crippen molar-refractivity contribution in [3.05, 3.63) is 0 Å². The predicted octanol–water partition coefficient (Wildman–Crippen LogP) is 2.96. The molecule has 0 N–H and O–H groups in total. The largest absolute Gasteiger partial charge is 0.378 e. The summed E-state index contributed by atoms with van der Waals surface area (Å²) < 4.78 is 5.58. The first-order valence-electron chi connectivity index (χ1n) is 4.61. The van der Waals surface area contributed by atoms with Crippen molar-refractivity contribution in [1.82, 2.24) is 0 Å². The summed E-state index contributed by atoms with van der Waals surface area (Å²) in [5.41, 5.74) is 0. The number of hydrogen-bond donors (Lipinski definition) is 0. The van der Waals surface area contributed by atoms with Crippen LogP contribution in [0, 0.1) is 0 Å². The van der Waals surface area contributed by atoms with Crippen LogP contribution in [0.4, 0.5) is 0 Å². The monoisotopic (exact) mass is 176 g/mol. The molecule has 0 atom stereocenters. The van der Waals surface area contributed by atoms with Crippen LogP contribution in [0.5, 0.6) is 0 Å². The first kappa shape index (κ1) is 9.34. The Morgan fingerprint density at radius 3 is 2.55 bits per heavy atom. The minimum absolute atomic E-state index is 0.603. The average molecular weight is 177 g/mol. The van der Waals surface area contributed by atoms with Gasteiger partial charge in [0.25, 0.3) is 0 Å². The Morgan fingerprint density at radius 1 is 1.18 bits per heavy atom. The van der Waals surface area contributed by atoms with E-state index in [9.17, 15) is 0 Å². The molecule has 0 amide bonds. The summed E-state index contributed by atoms with van der Waals surface area (Å²) in [7, 11) is 0. The standard InChI is InChI=1S/C9H17ClO/c10-7-2-1-3-8-11-9-5-4-6-9/h9H,1-8H2. The Hall–Kier alpha value is 0.250. The number of halogens is 1. The van der Waals surface area contributed by atoms with Crippen molar-refractivity contribution >= 4 is 11.6 Å². The molecule has 11 heavy (non-hydrogen) atoms. The van der Waals surface area contributed by atoms with E-state index in [2.05, 4.69) is 0 Å². The first-order chi connectivity index (χ1) is 5.43. The second kappa shape index (κ2) is 5.84. The molecular formula is C9H17ClO. The van der Waals surface area contributed by atoms with Crippen molar-refractivity contribution < 1.29 is 4.74 Å². The maximum Gasteiger partial charge on any atom is 0.0575 e. The van der Waals surface area contributed by atoms with Gasteiger partial charge in [0.1, 0.15) is 0 Å². The number of alkyl halides is 1. The fourth-order valence-electron chi connectivity index (χ4n) is 1.16. The van der Waals surface area contributed by atoms with Gasteiger partial charge in [0.15, 0.2) is 0 Å². The van der Waals surface area contributed by atoms with Crippen molar-refractivity contribution in [2.24, 2.45) is 0 Å². The molecule has 1 fully saturated rings. The molecule has 66 valence electrons. The van der Waals surface area contributed by atoms with Crippen molar-refractivity contribution in [2.75, 3.05) is 12.5 Å². The van der Waals surface area contributed by atoms with Gasteiger partial charge in [-0.05, 0) is 38.5 Å². The molecular weight excluding hydrogens is 160 g/mol. The summed E-state index contributed by atoms with van der Waals surface area (Å²) in [6, 6.07) is 0. The van der Waals surface area contributed by atoms with Crippen molar-refractivity contribution in [3.8, 4) is 0 Å². The minimum Gasteiger partial charge on any atom is -0.378 e. The molecule has 0 aromatic heterocycles. The summed E-state index contributed by atoms with van der Waals surface area (Å²) in [6.45, 7) is 0.946. The molecule has 1 saturated carbocycles. The highest BCUT2D eigenvalue weighted by atomic mass is 35.5. The van der Waals surface area contributed by atoms with Crippen LogP contribution in [0.2, 0.25) is 0 Å². The van der Waals surface area contributed by atoms with Crippen molar-refractivity contribution in [1.29, 1.82) is 0 Å². The topological polar surface area (TPSA) is 9.23 Å². The zero-order valence-corrected chi connectivity index (χ0v) is 7.78. The van der Waals surface area contributed by atoms with E-state index in [1.165, 1.54) is 32.1 Å². The maximum atomic E-state index is 5.58. The third-order valence-electron chi connectivity index (χ3n) is 2.18. The predicted molar refractivity (Wildman–Crippen MR) is 48.2 cm³/mol. The molecule has 0 radical (unpaired) electrons. The van der Waals surface area contributed by atoms with Crippen molar-refractivity contribution in [2.45, 2.75) is 44.6 Å². The fraction of sp³-hybridized carbons (Fsp3) is 1.00. The molecule has 2 heteroatoms. The van der Waals surface area contributed by atoms with Gasteiger partial charge >= 0.3 is 0 Å². The minimum atomic E-state index is 0.603. The summed E-state index contributed by atoms with van der Waals surface area (Å²) in [4.78, 5) is 0. The van der Waals surface area contributed by atoms with Gasteiger partial charge in [-0.2, -0.15) is 0 Å². The lowest BCUT2D eigenvalue weighted by Gasteiger charge is -2.25. The SMILES string of the molecule is ClCCCCCOC1CCC1. The van der Waals surface area contributed by atoms with Crippen LogP contribution in [0.15, 0.2) is 0 Å². The number of ether oxygens (including phenoxy) is 1. The Labute approximate surface area is 74.1 Å². The fourth-order valence-corrected chi connectivity index (χ4v) is 1.35. The highest BCUT2D eigenvalue weighted by Gasteiger charge is 2.16. The molecule has 1 rings (SSSR count). The third kappa shape index (κ3) is 3.97. The Balaban J connectivity index is 1.73. The van der Waals surface area contributed by atoms with Gasteiger partial charge < -0.3 is 4.74 Å². The second-order valence-electron chi connectivity index (χ2n) is 3.17. The van der Waals surface area contributed by atoms with E-state index in [1.807, 2.05) is 0 Å². The van der Waals surface area contributed by atoms with Crippen molar-refractivity contribution in [3.63, 3.8) is 0 Å². The molecule has 0 saturated heterocycles. The summed E-state index contributed by atoms with van der Waals surface area (Å²) in [5.74, 6) is 0.795. The maximum absolute atomic E-state index is 5.58. The zero-order chi connectivity index (χ0) is 7.94. The van der Waals surface area contributed by atoms with Crippen LogP contribution >= 0.6 is 11.6 Å². The number of rotatable bonds is 6. The zero-order valence-electron chi connectivity index (χ0n) is 7.02. The molecule has 0 aromatic rings. The lowest BCUT2D eigenvalue weighted by molar-refractivity contribution is 0.000768. The highest BCUT2D eigenvalue weighted by Crippen LogP contribution is 2.21. The molecule has 0 bridgehead atoms. The summed E-state index contributed by atoms with van der Waals surface area (Å²) >= 11 is 5.54. The van der Waals surface area contributed by atoms with Gasteiger partial charge in [0.05, 0.1) is 6.10 Å². The molecule has 0 heterocycles. The average Bonchev–Trinajstić information content (AvgIpc) is 1.93. The van der Waals surface area contributed by atoms with E-state index in [4.69, 9.17) is 16.3 Å². The van der Waals surface area contributed by atoms with Gasteiger partial charge in [0, 0.05) is 12.5 Å². The smallest absolute Gasteiger partial charge is 0.0575 e. The molecule has 0 spiro atoms. The third-order valence-corrected chi connectivity index (χ3v) is 2.45. The highest BCUT2D eigenvalue weighted by molar-refractivity contribution is 6.17. The summed E-state index contributed by atoms with van der Waals surface area (Å²) in [5, 5.41) is 0. The van der Waals surface area contributed by atoms with Gasteiger partial charge in [-0.3, -0.25) is 0 Å². The molecule has 0 unspecified atom stereocenters.